The summed E-state index contributed by atoms with van der Waals surface area (Å²) in [6.45, 7) is 5.09. The van der Waals surface area contributed by atoms with Gasteiger partial charge < -0.3 is 5.32 Å². The van der Waals surface area contributed by atoms with Crippen LogP contribution in [0.15, 0.2) is 0 Å². The van der Waals surface area contributed by atoms with Crippen LogP contribution < -0.4 is 5.32 Å². The van der Waals surface area contributed by atoms with Gasteiger partial charge in [-0.2, -0.15) is 0 Å². The number of carbonyl (C=O) groups excluding carboxylic acids is 1. The zero-order valence-electron chi connectivity index (χ0n) is 9.51. The quantitative estimate of drug-likeness (QED) is 0.737. The largest absolute Gasteiger partial charge is 0.356 e. The van der Waals surface area contributed by atoms with Gasteiger partial charge in [-0.15, -0.1) is 0 Å². The second-order valence-corrected chi connectivity index (χ2v) is 4.45. The minimum atomic E-state index is 0.197. The summed E-state index contributed by atoms with van der Waals surface area (Å²) < 4.78 is 0. The summed E-state index contributed by atoms with van der Waals surface area (Å²) >= 11 is 0. The van der Waals surface area contributed by atoms with Crippen LogP contribution in [-0.2, 0) is 4.79 Å². The molecule has 0 aromatic carbocycles. The van der Waals surface area contributed by atoms with Crippen molar-refractivity contribution in [2.45, 2.75) is 52.4 Å². The molecule has 0 aliphatic heterocycles. The fourth-order valence-corrected chi connectivity index (χ4v) is 2.23. The summed E-state index contributed by atoms with van der Waals surface area (Å²) in [5.74, 6) is 1.89. The van der Waals surface area contributed by atoms with Gasteiger partial charge in [-0.05, 0) is 24.7 Å². The molecule has 82 valence electrons. The molecule has 0 unspecified atom stereocenters. The van der Waals surface area contributed by atoms with E-state index in [2.05, 4.69) is 12.2 Å². The standard InChI is InChI=1S/C12H23NO/c1-3-10-5-7-11(8-6-10)9-13-12(14)4-2/h10-11H,3-9H2,1-2H3,(H,13,14). The first-order valence-corrected chi connectivity index (χ1v) is 6.02. The number of amides is 1. The highest BCUT2D eigenvalue weighted by Gasteiger charge is 2.19. The average molecular weight is 197 g/mol. The smallest absolute Gasteiger partial charge is 0.219 e. The predicted octanol–water partition coefficient (Wildman–Crippen LogP) is 2.73. The van der Waals surface area contributed by atoms with E-state index in [1.54, 1.807) is 0 Å². The molecule has 1 aliphatic rings. The van der Waals surface area contributed by atoms with Crippen molar-refractivity contribution in [2.75, 3.05) is 6.54 Å². The van der Waals surface area contributed by atoms with Gasteiger partial charge >= 0.3 is 0 Å². The monoisotopic (exact) mass is 197 g/mol. The second kappa shape index (κ2) is 6.05. The Bertz CT molecular complexity index is 171. The van der Waals surface area contributed by atoms with Crippen molar-refractivity contribution in [3.63, 3.8) is 0 Å². The third-order valence-corrected chi connectivity index (χ3v) is 3.45. The Kier molecular flexibility index (Phi) is 4.99. The highest BCUT2D eigenvalue weighted by Crippen LogP contribution is 2.29. The maximum absolute atomic E-state index is 11.1. The Balaban J connectivity index is 2.13. The summed E-state index contributed by atoms with van der Waals surface area (Å²) in [6.07, 6.45) is 7.29. The lowest BCUT2D eigenvalue weighted by Crippen LogP contribution is -2.30. The summed E-state index contributed by atoms with van der Waals surface area (Å²) in [5.41, 5.74) is 0. The molecular weight excluding hydrogens is 174 g/mol. The Morgan fingerprint density at radius 3 is 2.21 bits per heavy atom. The van der Waals surface area contributed by atoms with Crippen LogP contribution in [-0.4, -0.2) is 12.5 Å². The van der Waals surface area contributed by atoms with Crippen LogP contribution in [0.25, 0.3) is 0 Å². The van der Waals surface area contributed by atoms with Gasteiger partial charge in [0.05, 0.1) is 0 Å². The fraction of sp³-hybridized carbons (Fsp3) is 0.917. The van der Waals surface area contributed by atoms with E-state index in [4.69, 9.17) is 0 Å². The van der Waals surface area contributed by atoms with Gasteiger partial charge in [0.15, 0.2) is 0 Å². The van der Waals surface area contributed by atoms with Gasteiger partial charge in [0.1, 0.15) is 0 Å². The van der Waals surface area contributed by atoms with Gasteiger partial charge in [-0.1, -0.05) is 33.1 Å². The fourth-order valence-electron chi connectivity index (χ4n) is 2.23. The van der Waals surface area contributed by atoms with E-state index in [-0.39, 0.29) is 5.91 Å². The number of hydrogen-bond acceptors (Lipinski definition) is 1. The SMILES string of the molecule is CCC(=O)NCC1CCC(CC)CC1. The van der Waals surface area contributed by atoms with E-state index in [1.807, 2.05) is 6.92 Å². The second-order valence-electron chi connectivity index (χ2n) is 4.45. The molecule has 2 heteroatoms. The maximum atomic E-state index is 11.1. The minimum Gasteiger partial charge on any atom is -0.356 e. The van der Waals surface area contributed by atoms with E-state index >= 15 is 0 Å². The van der Waals surface area contributed by atoms with Crippen molar-refractivity contribution in [3.8, 4) is 0 Å². The lowest BCUT2D eigenvalue weighted by molar-refractivity contribution is -0.121. The Hall–Kier alpha value is -0.530. The van der Waals surface area contributed by atoms with Gasteiger partial charge in [0.2, 0.25) is 5.91 Å². The van der Waals surface area contributed by atoms with Gasteiger partial charge in [0.25, 0.3) is 0 Å². The Morgan fingerprint density at radius 1 is 1.14 bits per heavy atom. The van der Waals surface area contributed by atoms with Crippen molar-refractivity contribution >= 4 is 5.91 Å². The van der Waals surface area contributed by atoms with Crippen molar-refractivity contribution in [1.82, 2.24) is 5.32 Å². The molecule has 1 amide bonds. The van der Waals surface area contributed by atoms with E-state index in [0.29, 0.717) is 6.42 Å². The van der Waals surface area contributed by atoms with E-state index < -0.39 is 0 Å². The molecular formula is C12H23NO. The van der Waals surface area contributed by atoms with Crippen molar-refractivity contribution in [3.05, 3.63) is 0 Å². The lowest BCUT2D eigenvalue weighted by Gasteiger charge is -2.27. The van der Waals surface area contributed by atoms with Crippen LogP contribution in [0.5, 0.6) is 0 Å². The van der Waals surface area contributed by atoms with Crippen LogP contribution in [0.2, 0.25) is 0 Å². The van der Waals surface area contributed by atoms with Crippen molar-refractivity contribution < 1.29 is 4.79 Å². The zero-order valence-corrected chi connectivity index (χ0v) is 9.51. The van der Waals surface area contributed by atoms with Crippen molar-refractivity contribution in [1.29, 1.82) is 0 Å². The molecule has 1 aliphatic carbocycles. The molecule has 0 aromatic heterocycles. The first-order valence-electron chi connectivity index (χ1n) is 6.02. The molecule has 0 heterocycles. The number of hydrogen-bond donors (Lipinski definition) is 1. The highest BCUT2D eigenvalue weighted by molar-refractivity contribution is 5.75. The van der Waals surface area contributed by atoms with Crippen LogP contribution in [0.4, 0.5) is 0 Å². The van der Waals surface area contributed by atoms with Crippen LogP contribution in [0.3, 0.4) is 0 Å². The van der Waals surface area contributed by atoms with E-state index in [0.717, 1.165) is 18.4 Å². The van der Waals surface area contributed by atoms with Crippen LogP contribution in [0.1, 0.15) is 52.4 Å². The molecule has 0 radical (unpaired) electrons. The molecule has 1 saturated carbocycles. The third kappa shape index (κ3) is 3.69. The van der Waals surface area contributed by atoms with E-state index in [9.17, 15) is 4.79 Å². The molecule has 0 aromatic rings. The maximum Gasteiger partial charge on any atom is 0.219 e. The van der Waals surface area contributed by atoms with Gasteiger partial charge in [-0.3, -0.25) is 4.79 Å². The first-order chi connectivity index (χ1) is 6.76. The molecule has 14 heavy (non-hydrogen) atoms. The Labute approximate surface area is 87.5 Å². The minimum absolute atomic E-state index is 0.197. The summed E-state index contributed by atoms with van der Waals surface area (Å²) in [4.78, 5) is 11.1. The summed E-state index contributed by atoms with van der Waals surface area (Å²) in [6, 6.07) is 0. The number of nitrogens with one attached hydrogen (secondary N) is 1. The van der Waals surface area contributed by atoms with Crippen LogP contribution >= 0.6 is 0 Å². The molecule has 2 nitrogen and oxygen atoms in total. The molecule has 0 atom stereocenters. The van der Waals surface area contributed by atoms with Gasteiger partial charge in [-0.25, -0.2) is 0 Å². The molecule has 0 spiro atoms. The van der Waals surface area contributed by atoms with Crippen LogP contribution in [0, 0.1) is 11.8 Å². The Morgan fingerprint density at radius 2 is 1.71 bits per heavy atom. The number of rotatable bonds is 4. The summed E-state index contributed by atoms with van der Waals surface area (Å²) in [7, 11) is 0. The normalized spacial score (nSPS) is 27.3. The zero-order chi connectivity index (χ0) is 10.4. The molecule has 1 N–H and O–H groups in total. The highest BCUT2D eigenvalue weighted by atomic mass is 16.1. The predicted molar refractivity (Wildman–Crippen MR) is 59.0 cm³/mol. The van der Waals surface area contributed by atoms with Crippen molar-refractivity contribution in [2.24, 2.45) is 11.8 Å². The molecule has 0 bridgehead atoms. The summed E-state index contributed by atoms with van der Waals surface area (Å²) in [5, 5.41) is 3.00. The van der Waals surface area contributed by atoms with Gasteiger partial charge in [0, 0.05) is 13.0 Å². The molecule has 0 saturated heterocycles. The molecule has 1 rings (SSSR count). The first kappa shape index (κ1) is 11.5. The number of carbonyl (C=O) groups is 1. The topological polar surface area (TPSA) is 29.1 Å². The molecule has 1 fully saturated rings. The lowest BCUT2D eigenvalue weighted by atomic mass is 9.81. The van der Waals surface area contributed by atoms with E-state index in [1.165, 1.54) is 32.1 Å². The third-order valence-electron chi connectivity index (χ3n) is 3.45. The average Bonchev–Trinajstić information content (AvgIpc) is 2.26.